The Balaban J connectivity index is 2.74. The molecule has 3 nitrogen and oxygen atoms in total. The minimum atomic E-state index is -1.11. The highest BCUT2D eigenvalue weighted by molar-refractivity contribution is 5.18. The Bertz CT molecular complexity index is 164. The molecule has 0 radical (unpaired) electrons. The van der Waals surface area contributed by atoms with Gasteiger partial charge in [0.05, 0.1) is 0 Å². The van der Waals surface area contributed by atoms with Crippen molar-refractivity contribution in [2.45, 2.75) is 18.4 Å². The van der Waals surface area contributed by atoms with Gasteiger partial charge in [-0.2, -0.15) is 10.5 Å². The molecule has 0 bridgehead atoms. The van der Waals surface area contributed by atoms with Crippen LogP contribution in [0.3, 0.4) is 0 Å². The molecule has 0 N–H and O–H groups in total. The topological polar surface area (TPSA) is 56.8 Å². The average molecular weight is 122 g/mol. The monoisotopic (exact) mass is 122 g/mol. The molecule has 0 atom stereocenters. The van der Waals surface area contributed by atoms with Crippen LogP contribution < -0.4 is 0 Å². The van der Waals surface area contributed by atoms with E-state index in [1.807, 2.05) is 12.1 Å². The quantitative estimate of drug-likeness (QED) is 0.472. The molecule has 0 spiro atoms. The van der Waals surface area contributed by atoms with Gasteiger partial charge in [-0.3, -0.25) is 0 Å². The second-order valence-electron chi connectivity index (χ2n) is 2.00. The van der Waals surface area contributed by atoms with E-state index in [-0.39, 0.29) is 0 Å². The number of rotatable bonds is 0. The molecule has 0 aliphatic carbocycles. The summed E-state index contributed by atoms with van der Waals surface area (Å²) < 4.78 is 4.92. The van der Waals surface area contributed by atoms with Gasteiger partial charge in [-0.25, -0.2) is 0 Å². The third kappa shape index (κ3) is 0.872. The number of ether oxygens (including phenoxy) is 1. The zero-order chi connectivity index (χ0) is 6.74. The molecule has 0 amide bonds. The molecule has 1 heterocycles. The predicted octanol–water partition coefficient (Wildman–Crippen LogP) is 0.583. The first-order chi connectivity index (χ1) is 4.33. The molecule has 1 fully saturated rings. The lowest BCUT2D eigenvalue weighted by molar-refractivity contribution is 0.0971. The predicted molar refractivity (Wildman–Crippen MR) is 29.1 cm³/mol. The Kier molecular flexibility index (Phi) is 1.38. The zero-order valence-electron chi connectivity index (χ0n) is 4.92. The van der Waals surface area contributed by atoms with Gasteiger partial charge in [0.2, 0.25) is 5.60 Å². The molecule has 0 aromatic rings. The van der Waals surface area contributed by atoms with Crippen LogP contribution in [-0.4, -0.2) is 12.2 Å². The molecule has 9 heavy (non-hydrogen) atoms. The summed E-state index contributed by atoms with van der Waals surface area (Å²) in [6, 6.07) is 3.69. The summed E-state index contributed by atoms with van der Waals surface area (Å²) in [6.45, 7) is 0.543. The van der Waals surface area contributed by atoms with Crippen molar-refractivity contribution in [3.8, 4) is 12.1 Å². The van der Waals surface area contributed by atoms with Crippen molar-refractivity contribution < 1.29 is 4.74 Å². The Labute approximate surface area is 53.5 Å². The highest BCUT2D eigenvalue weighted by Crippen LogP contribution is 2.23. The number of hydrogen-bond donors (Lipinski definition) is 0. The SMILES string of the molecule is N#CC1(C#N)CCCO1. The van der Waals surface area contributed by atoms with E-state index in [1.54, 1.807) is 0 Å². The zero-order valence-corrected chi connectivity index (χ0v) is 4.92. The summed E-state index contributed by atoms with van der Waals surface area (Å²) in [6.07, 6.45) is 1.38. The average Bonchev–Trinajstić information content (AvgIpc) is 2.36. The summed E-state index contributed by atoms with van der Waals surface area (Å²) in [5.74, 6) is 0. The smallest absolute Gasteiger partial charge is 0.241 e. The fraction of sp³-hybridized carbons (Fsp3) is 0.667. The first-order valence-electron chi connectivity index (χ1n) is 2.79. The lowest BCUT2D eigenvalue weighted by Gasteiger charge is -2.06. The normalized spacial score (nSPS) is 22.4. The van der Waals surface area contributed by atoms with Crippen LogP contribution in [0.2, 0.25) is 0 Å². The summed E-state index contributed by atoms with van der Waals surface area (Å²) in [5.41, 5.74) is -1.11. The molecule has 1 aliphatic rings. The minimum absolute atomic E-state index is 0.543. The molecule has 0 aromatic carbocycles. The van der Waals surface area contributed by atoms with Crippen LogP contribution in [0.1, 0.15) is 12.8 Å². The van der Waals surface area contributed by atoms with Crippen LogP contribution in [0.4, 0.5) is 0 Å². The van der Waals surface area contributed by atoms with Gasteiger partial charge >= 0.3 is 0 Å². The molecule has 1 rings (SSSR count). The van der Waals surface area contributed by atoms with Gasteiger partial charge in [0, 0.05) is 13.0 Å². The van der Waals surface area contributed by atoms with Gasteiger partial charge in [-0.1, -0.05) is 0 Å². The highest BCUT2D eigenvalue weighted by Gasteiger charge is 2.34. The second-order valence-corrected chi connectivity index (χ2v) is 2.00. The van der Waals surface area contributed by atoms with E-state index < -0.39 is 5.60 Å². The summed E-state index contributed by atoms with van der Waals surface area (Å²) in [5, 5.41) is 16.8. The largest absolute Gasteiger partial charge is 0.348 e. The summed E-state index contributed by atoms with van der Waals surface area (Å²) >= 11 is 0. The fourth-order valence-corrected chi connectivity index (χ4v) is 0.841. The minimum Gasteiger partial charge on any atom is -0.348 e. The first-order valence-corrected chi connectivity index (χ1v) is 2.79. The second kappa shape index (κ2) is 2.05. The van der Waals surface area contributed by atoms with Crippen LogP contribution >= 0.6 is 0 Å². The lowest BCUT2D eigenvalue weighted by Crippen LogP contribution is -2.21. The lowest BCUT2D eigenvalue weighted by atomic mass is 10.1. The van der Waals surface area contributed by atoms with Gasteiger partial charge in [0.1, 0.15) is 12.1 Å². The third-order valence-corrected chi connectivity index (χ3v) is 1.38. The maximum atomic E-state index is 8.42. The fourth-order valence-electron chi connectivity index (χ4n) is 0.841. The Morgan fingerprint density at radius 2 is 2.00 bits per heavy atom. The van der Waals surface area contributed by atoms with E-state index in [9.17, 15) is 0 Å². The molecule has 1 aliphatic heterocycles. The van der Waals surface area contributed by atoms with Gasteiger partial charge in [0.15, 0.2) is 0 Å². The number of hydrogen-bond acceptors (Lipinski definition) is 3. The van der Waals surface area contributed by atoms with Crippen LogP contribution in [0.15, 0.2) is 0 Å². The van der Waals surface area contributed by atoms with Crippen LogP contribution in [0, 0.1) is 22.7 Å². The molecular weight excluding hydrogens is 116 g/mol. The van der Waals surface area contributed by atoms with Crippen molar-refractivity contribution in [1.82, 2.24) is 0 Å². The van der Waals surface area contributed by atoms with E-state index in [4.69, 9.17) is 15.3 Å². The summed E-state index contributed by atoms with van der Waals surface area (Å²) in [7, 11) is 0. The van der Waals surface area contributed by atoms with Crippen molar-refractivity contribution in [1.29, 1.82) is 10.5 Å². The third-order valence-electron chi connectivity index (χ3n) is 1.38. The van der Waals surface area contributed by atoms with Gasteiger partial charge in [0.25, 0.3) is 0 Å². The van der Waals surface area contributed by atoms with Crippen LogP contribution in [0.25, 0.3) is 0 Å². The van der Waals surface area contributed by atoms with Crippen LogP contribution in [-0.2, 0) is 4.74 Å². The van der Waals surface area contributed by atoms with Gasteiger partial charge in [-0.05, 0) is 6.42 Å². The molecule has 3 heteroatoms. The molecule has 1 saturated heterocycles. The van der Waals surface area contributed by atoms with Crippen molar-refractivity contribution >= 4 is 0 Å². The maximum Gasteiger partial charge on any atom is 0.241 e. The Morgan fingerprint density at radius 3 is 2.22 bits per heavy atom. The molecule has 46 valence electrons. The highest BCUT2D eigenvalue weighted by atomic mass is 16.5. The van der Waals surface area contributed by atoms with Crippen molar-refractivity contribution in [3.05, 3.63) is 0 Å². The Morgan fingerprint density at radius 1 is 1.33 bits per heavy atom. The van der Waals surface area contributed by atoms with E-state index >= 15 is 0 Å². The van der Waals surface area contributed by atoms with Crippen molar-refractivity contribution in [2.24, 2.45) is 0 Å². The van der Waals surface area contributed by atoms with E-state index in [0.717, 1.165) is 6.42 Å². The van der Waals surface area contributed by atoms with Crippen molar-refractivity contribution in [2.75, 3.05) is 6.61 Å². The molecule has 0 unspecified atom stereocenters. The molecule has 0 saturated carbocycles. The van der Waals surface area contributed by atoms with E-state index in [0.29, 0.717) is 13.0 Å². The van der Waals surface area contributed by atoms with Crippen molar-refractivity contribution in [3.63, 3.8) is 0 Å². The van der Waals surface area contributed by atoms with Gasteiger partial charge < -0.3 is 4.74 Å². The van der Waals surface area contributed by atoms with Crippen LogP contribution in [0.5, 0.6) is 0 Å². The van der Waals surface area contributed by atoms with E-state index in [1.165, 1.54) is 0 Å². The first kappa shape index (κ1) is 6.07. The molecule has 0 aromatic heterocycles. The maximum absolute atomic E-state index is 8.42. The van der Waals surface area contributed by atoms with Gasteiger partial charge in [-0.15, -0.1) is 0 Å². The van der Waals surface area contributed by atoms with E-state index in [2.05, 4.69) is 0 Å². The number of nitrogens with zero attached hydrogens (tertiary/aromatic N) is 2. The summed E-state index contributed by atoms with van der Waals surface area (Å²) in [4.78, 5) is 0. The number of nitriles is 2. The standard InChI is InChI=1S/C6H6N2O/c7-4-6(5-8)2-1-3-9-6/h1-3H2. The molecular formula is C6H6N2O. The Hall–Kier alpha value is -1.06.